The lowest BCUT2D eigenvalue weighted by atomic mass is 10.00. The number of nitrogens with zero attached hydrogens (tertiary/aromatic N) is 4. The first kappa shape index (κ1) is 39.2. The summed E-state index contributed by atoms with van der Waals surface area (Å²) in [6, 6.07) is 15.7. The maximum absolute atomic E-state index is 15.7. The fourth-order valence-corrected chi connectivity index (χ4v) is 9.62. The molecule has 3 fully saturated rings. The highest BCUT2D eigenvalue weighted by molar-refractivity contribution is 7.90. The number of H-pyrrole nitrogens is 1. The van der Waals surface area contributed by atoms with E-state index >= 15 is 8.78 Å². The first-order valence-electron chi connectivity index (χ1n) is 19.5. The molecular formula is C42H38F3N7O7S. The Morgan fingerprint density at radius 2 is 1.77 bits per heavy atom. The van der Waals surface area contributed by atoms with E-state index in [0.717, 1.165) is 52.8 Å². The fourth-order valence-electron chi connectivity index (χ4n) is 8.35. The average Bonchev–Trinajstić information content (AvgIpc) is 4.05. The molecule has 5 aromatic rings. The zero-order chi connectivity index (χ0) is 41.9. The minimum absolute atomic E-state index is 0.00576. The molecule has 0 radical (unpaired) electrons. The molecule has 3 saturated heterocycles. The summed E-state index contributed by atoms with van der Waals surface area (Å²) in [6.07, 6.45) is 2.92. The van der Waals surface area contributed by atoms with Crippen LogP contribution in [0.15, 0.2) is 73.1 Å². The second kappa shape index (κ2) is 15.4. The number of imide groups is 1. The Bertz CT molecular complexity index is 2690. The number of hydrogen-bond donors (Lipinski definition) is 3. The van der Waals surface area contributed by atoms with Gasteiger partial charge >= 0.3 is 10.2 Å². The van der Waals surface area contributed by atoms with Crippen LogP contribution in [0.2, 0.25) is 0 Å². The first-order chi connectivity index (χ1) is 28.8. The van der Waals surface area contributed by atoms with E-state index in [2.05, 4.69) is 20.2 Å². The minimum atomic E-state index is -4.36. The van der Waals surface area contributed by atoms with Crippen LogP contribution < -0.4 is 19.7 Å². The van der Waals surface area contributed by atoms with E-state index in [0.29, 0.717) is 47.5 Å². The third-order valence-corrected chi connectivity index (χ3v) is 13.1. The van der Waals surface area contributed by atoms with Crippen molar-refractivity contribution in [3.63, 3.8) is 0 Å². The number of ether oxygens (including phenoxy) is 1. The lowest BCUT2D eigenvalue weighted by Gasteiger charge is -2.29. The molecule has 4 aliphatic heterocycles. The third kappa shape index (κ3) is 7.33. The lowest BCUT2D eigenvalue weighted by molar-refractivity contribution is -0.136. The summed E-state index contributed by atoms with van der Waals surface area (Å²) in [7, 11) is -4.36. The third-order valence-electron chi connectivity index (χ3n) is 11.6. The Morgan fingerprint density at radius 3 is 2.53 bits per heavy atom. The van der Waals surface area contributed by atoms with Crippen molar-refractivity contribution in [1.29, 1.82) is 0 Å². The molecule has 3 atom stereocenters. The number of aromatic amines is 1. The Hall–Kier alpha value is -6.27. The number of rotatable bonds is 11. The number of anilines is 2. The van der Waals surface area contributed by atoms with Gasteiger partial charge in [-0.1, -0.05) is 12.1 Å². The molecule has 310 valence electrons. The van der Waals surface area contributed by atoms with Gasteiger partial charge in [-0.3, -0.25) is 29.2 Å². The van der Waals surface area contributed by atoms with Gasteiger partial charge in [-0.25, -0.2) is 18.2 Å². The Balaban J connectivity index is 0.837. The van der Waals surface area contributed by atoms with E-state index < -0.39 is 63.5 Å². The highest BCUT2D eigenvalue weighted by Gasteiger charge is 2.40. The number of hydrogen-bond acceptors (Lipinski definition) is 9. The van der Waals surface area contributed by atoms with Gasteiger partial charge in [0.05, 0.1) is 17.9 Å². The number of benzene rings is 3. The van der Waals surface area contributed by atoms with Crippen LogP contribution in [0, 0.1) is 17.6 Å². The molecule has 4 aliphatic rings. The SMILES string of the molecule is O=C1CCC(N2Cc3cc(N4CC[C@H](COc5ccc(-c6cnc7[nH]cc(C(=O)c8c(F)ccc(NS(=O)(=O)N9CC[C@@H](F)C9)c8F)c7c6)cc5)C4)ccc3C2=O)C(=O)N1. The van der Waals surface area contributed by atoms with E-state index in [-0.39, 0.29) is 42.7 Å². The molecule has 2 aromatic heterocycles. The Kier molecular flexibility index (Phi) is 10.1. The fraction of sp³-hybridized carbons (Fsp3) is 0.310. The van der Waals surface area contributed by atoms with Crippen LogP contribution in [0.3, 0.4) is 0 Å². The van der Waals surface area contributed by atoms with E-state index in [1.165, 1.54) is 6.20 Å². The molecule has 60 heavy (non-hydrogen) atoms. The molecular weight excluding hydrogens is 804 g/mol. The van der Waals surface area contributed by atoms with E-state index in [1.54, 1.807) is 23.2 Å². The number of alkyl halides is 1. The maximum atomic E-state index is 15.7. The van der Waals surface area contributed by atoms with Gasteiger partial charge in [0.25, 0.3) is 5.91 Å². The number of pyridine rings is 1. The van der Waals surface area contributed by atoms with Crippen molar-refractivity contribution in [1.82, 2.24) is 24.5 Å². The van der Waals surface area contributed by atoms with Crippen molar-refractivity contribution in [2.75, 3.05) is 42.4 Å². The molecule has 18 heteroatoms. The highest BCUT2D eigenvalue weighted by atomic mass is 32.2. The quantitative estimate of drug-likeness (QED) is 0.121. The summed E-state index contributed by atoms with van der Waals surface area (Å²) in [5.74, 6) is -3.71. The average molecular weight is 842 g/mol. The minimum Gasteiger partial charge on any atom is -0.493 e. The topological polar surface area (TPSA) is 174 Å². The van der Waals surface area contributed by atoms with Gasteiger partial charge in [-0.2, -0.15) is 12.7 Å². The van der Waals surface area contributed by atoms with Crippen molar-refractivity contribution in [3.8, 4) is 16.9 Å². The van der Waals surface area contributed by atoms with E-state index in [4.69, 9.17) is 4.74 Å². The summed E-state index contributed by atoms with van der Waals surface area (Å²) in [5.41, 5.74) is 2.37. The predicted octanol–water partition coefficient (Wildman–Crippen LogP) is 5.11. The maximum Gasteiger partial charge on any atom is 0.301 e. The predicted molar refractivity (Wildman–Crippen MR) is 213 cm³/mol. The molecule has 3 N–H and O–H groups in total. The molecule has 0 spiro atoms. The number of aromatic nitrogens is 2. The lowest BCUT2D eigenvalue weighted by Crippen LogP contribution is -2.52. The molecule has 0 saturated carbocycles. The van der Waals surface area contributed by atoms with Crippen LogP contribution in [0.4, 0.5) is 24.5 Å². The molecule has 6 heterocycles. The molecule has 14 nitrogen and oxygen atoms in total. The van der Waals surface area contributed by atoms with Crippen molar-refractivity contribution in [2.24, 2.45) is 5.92 Å². The number of carbonyl (C=O) groups excluding carboxylic acids is 4. The summed E-state index contributed by atoms with van der Waals surface area (Å²) in [5, 5.41) is 2.62. The van der Waals surface area contributed by atoms with Crippen molar-refractivity contribution < 1.29 is 45.5 Å². The van der Waals surface area contributed by atoms with Gasteiger partial charge in [0.15, 0.2) is 5.82 Å². The van der Waals surface area contributed by atoms with Gasteiger partial charge in [0, 0.05) is 85.2 Å². The standard InChI is InChI=1S/C42H38F3N7O7S/c43-27-12-14-51(21-27)60(57,58)49-34-8-7-33(44)37(38(34)45)39(54)32-18-47-40-31(32)16-25(17-46-40)24-1-4-29(5-2-24)59-22-23-11-13-50(19-23)28-3-6-30-26(15-28)20-52(42(30)56)35-9-10-36(53)48-41(35)55/h1-8,15-18,23,27,35,49H,9-14,19-22H2,(H,46,47)(H,48,53,55)/t23-,27+,35?/m0/s1. The van der Waals surface area contributed by atoms with Crippen LogP contribution in [-0.2, 0) is 26.3 Å². The van der Waals surface area contributed by atoms with Gasteiger partial charge in [-0.05, 0) is 78.9 Å². The molecule has 0 bridgehead atoms. The second-order valence-corrected chi connectivity index (χ2v) is 17.1. The van der Waals surface area contributed by atoms with Crippen LogP contribution in [0.25, 0.3) is 22.2 Å². The Labute approximate surface area is 341 Å². The van der Waals surface area contributed by atoms with Crippen LogP contribution in [-0.4, -0.2) is 96.1 Å². The van der Waals surface area contributed by atoms with Gasteiger partial charge in [0.2, 0.25) is 17.6 Å². The van der Waals surface area contributed by atoms with E-state index in [1.807, 2.05) is 41.1 Å². The summed E-state index contributed by atoms with van der Waals surface area (Å²) < 4.78 is 79.0. The van der Waals surface area contributed by atoms with Gasteiger partial charge in [0.1, 0.15) is 29.4 Å². The van der Waals surface area contributed by atoms with Crippen LogP contribution in [0.1, 0.15) is 57.5 Å². The Morgan fingerprint density at radius 1 is 0.950 bits per heavy atom. The summed E-state index contributed by atoms with van der Waals surface area (Å²) in [4.78, 5) is 61.9. The van der Waals surface area contributed by atoms with Gasteiger partial charge in [-0.15, -0.1) is 0 Å². The number of nitrogens with one attached hydrogen (secondary N) is 3. The number of piperidine rings is 1. The second-order valence-electron chi connectivity index (χ2n) is 15.5. The smallest absolute Gasteiger partial charge is 0.301 e. The number of ketones is 1. The number of fused-ring (bicyclic) bond motifs is 2. The molecule has 1 unspecified atom stereocenters. The molecule has 0 aliphatic carbocycles. The van der Waals surface area contributed by atoms with Crippen LogP contribution >= 0.6 is 0 Å². The monoisotopic (exact) mass is 841 g/mol. The van der Waals surface area contributed by atoms with Crippen molar-refractivity contribution in [2.45, 2.75) is 44.4 Å². The van der Waals surface area contributed by atoms with Crippen molar-refractivity contribution >= 4 is 56.1 Å². The molecule has 9 rings (SSSR count). The first-order valence-corrected chi connectivity index (χ1v) is 20.9. The van der Waals surface area contributed by atoms with Crippen molar-refractivity contribution in [3.05, 3.63) is 107 Å². The molecule has 3 amide bonds. The summed E-state index contributed by atoms with van der Waals surface area (Å²) in [6.45, 7) is 1.83. The largest absolute Gasteiger partial charge is 0.493 e. The summed E-state index contributed by atoms with van der Waals surface area (Å²) >= 11 is 0. The van der Waals surface area contributed by atoms with Gasteiger partial charge < -0.3 is 19.5 Å². The van der Waals surface area contributed by atoms with Crippen LogP contribution in [0.5, 0.6) is 5.75 Å². The zero-order valence-electron chi connectivity index (χ0n) is 31.9. The number of carbonyl (C=O) groups is 4. The number of amides is 3. The zero-order valence-corrected chi connectivity index (χ0v) is 32.7. The molecule has 3 aromatic carbocycles. The normalized spacial score (nSPS) is 20.9. The number of halogens is 3. The van der Waals surface area contributed by atoms with E-state index in [9.17, 15) is 32.0 Å². The highest BCUT2D eigenvalue weighted by Crippen LogP contribution is 2.34.